The lowest BCUT2D eigenvalue weighted by atomic mass is 9.92. The van der Waals surface area contributed by atoms with Crippen LogP contribution in [0.4, 0.5) is 0 Å². The number of hydrogen-bond donors (Lipinski definition) is 0. The second-order valence-electron chi connectivity index (χ2n) is 4.31. The molecule has 0 bridgehead atoms. The fourth-order valence-corrected chi connectivity index (χ4v) is 4.17. The van der Waals surface area contributed by atoms with Gasteiger partial charge in [-0.25, -0.2) is 0 Å². The van der Waals surface area contributed by atoms with E-state index in [0.29, 0.717) is 0 Å². The fraction of sp³-hybridized carbons (Fsp3) is 0.133. The van der Waals surface area contributed by atoms with Crippen LogP contribution in [0.2, 0.25) is 0 Å². The Morgan fingerprint density at radius 2 is 1.68 bits per heavy atom. The van der Waals surface area contributed by atoms with Crippen molar-refractivity contribution < 1.29 is 0 Å². The molecule has 4 heteroatoms. The third kappa shape index (κ3) is 3.17. The van der Waals surface area contributed by atoms with Crippen LogP contribution in [0, 0.1) is 12.5 Å². The highest BCUT2D eigenvalue weighted by Gasteiger charge is 2.24. The first kappa shape index (κ1) is 15.7. The van der Waals surface area contributed by atoms with Crippen molar-refractivity contribution in [2.45, 2.75) is 13.8 Å². The molecule has 1 aliphatic carbocycles. The monoisotopic (exact) mass is 506 g/mol. The standard InChI is InChI=1S/C15H10Br4/c1-8(2)10-7-11(14(18)15(19)13(10)17)9-5-3-4-6-12(9)16/h3-4,6-7H,1-2H3. The molecule has 0 nitrogen and oxygen atoms in total. The topological polar surface area (TPSA) is 0 Å². The van der Waals surface area contributed by atoms with E-state index in [1.54, 1.807) is 0 Å². The average Bonchev–Trinajstić information content (AvgIpc) is 2.37. The first-order valence-corrected chi connectivity index (χ1v) is 8.75. The summed E-state index contributed by atoms with van der Waals surface area (Å²) < 4.78 is 4.14. The van der Waals surface area contributed by atoms with Crippen molar-refractivity contribution in [1.29, 1.82) is 0 Å². The molecule has 0 spiro atoms. The van der Waals surface area contributed by atoms with E-state index >= 15 is 0 Å². The van der Waals surface area contributed by atoms with Crippen LogP contribution in [0.1, 0.15) is 19.4 Å². The second-order valence-corrected chi connectivity index (χ2v) is 7.54. The first-order valence-electron chi connectivity index (χ1n) is 5.58. The molecule has 1 aromatic carbocycles. The molecule has 0 saturated carbocycles. The van der Waals surface area contributed by atoms with Crippen LogP contribution >= 0.6 is 63.7 Å². The van der Waals surface area contributed by atoms with E-state index in [4.69, 9.17) is 0 Å². The summed E-state index contributed by atoms with van der Waals surface area (Å²) >= 11 is 14.5. The SMILES string of the molecule is CC(C)=C1[CH]C(c2[c]cccc2Br)=C(Br)C(Br)=C1Br. The number of allylic oxidation sites excluding steroid dienone is 6. The molecule has 2 radical (unpaired) electrons. The summed E-state index contributed by atoms with van der Waals surface area (Å²) in [6.07, 6.45) is 2.17. The van der Waals surface area contributed by atoms with E-state index in [9.17, 15) is 0 Å². The molecular formula is C15H10Br4. The zero-order valence-electron chi connectivity index (χ0n) is 10.3. The zero-order valence-corrected chi connectivity index (χ0v) is 16.7. The van der Waals surface area contributed by atoms with Gasteiger partial charge in [0.25, 0.3) is 0 Å². The van der Waals surface area contributed by atoms with Crippen molar-refractivity contribution in [1.82, 2.24) is 0 Å². The summed E-state index contributed by atoms with van der Waals surface area (Å²) in [5.41, 5.74) is 4.60. The normalized spacial score (nSPS) is 16.2. The van der Waals surface area contributed by atoms with Gasteiger partial charge in [0.2, 0.25) is 0 Å². The molecule has 98 valence electrons. The van der Waals surface area contributed by atoms with Gasteiger partial charge in [-0.15, -0.1) is 0 Å². The minimum absolute atomic E-state index is 1.02. The minimum atomic E-state index is 1.02. The van der Waals surface area contributed by atoms with Gasteiger partial charge in [-0.2, -0.15) is 0 Å². The molecule has 0 heterocycles. The lowest BCUT2D eigenvalue weighted by molar-refractivity contribution is 1.29. The Kier molecular flexibility index (Phi) is 5.32. The van der Waals surface area contributed by atoms with Crippen molar-refractivity contribution in [2.24, 2.45) is 0 Å². The maximum atomic E-state index is 3.66. The van der Waals surface area contributed by atoms with Crippen LogP contribution in [0.3, 0.4) is 0 Å². The highest BCUT2D eigenvalue weighted by molar-refractivity contribution is 9.16. The maximum Gasteiger partial charge on any atom is 0.0465 e. The number of halogens is 4. The summed E-state index contributed by atoms with van der Waals surface area (Å²) in [4.78, 5) is 0. The minimum Gasteiger partial charge on any atom is -0.0714 e. The van der Waals surface area contributed by atoms with Crippen molar-refractivity contribution in [3.05, 3.63) is 65.3 Å². The van der Waals surface area contributed by atoms with E-state index in [-0.39, 0.29) is 0 Å². The van der Waals surface area contributed by atoms with Crippen molar-refractivity contribution >= 4 is 69.3 Å². The molecule has 0 aliphatic heterocycles. The van der Waals surface area contributed by atoms with E-state index in [1.807, 2.05) is 18.2 Å². The largest absolute Gasteiger partial charge is 0.0714 e. The summed E-state index contributed by atoms with van der Waals surface area (Å²) in [5.74, 6) is 0. The Balaban J connectivity index is 2.65. The van der Waals surface area contributed by atoms with Crippen LogP contribution in [-0.4, -0.2) is 0 Å². The molecular weight excluding hydrogens is 500 g/mol. The maximum absolute atomic E-state index is 3.66. The van der Waals surface area contributed by atoms with Crippen LogP contribution < -0.4 is 0 Å². The van der Waals surface area contributed by atoms with Crippen LogP contribution in [0.5, 0.6) is 0 Å². The van der Waals surface area contributed by atoms with Gasteiger partial charge in [0.1, 0.15) is 0 Å². The predicted molar refractivity (Wildman–Crippen MR) is 96.4 cm³/mol. The third-order valence-electron chi connectivity index (χ3n) is 2.76. The van der Waals surface area contributed by atoms with Gasteiger partial charge in [0, 0.05) is 29.9 Å². The van der Waals surface area contributed by atoms with Gasteiger partial charge >= 0.3 is 0 Å². The highest BCUT2D eigenvalue weighted by Crippen LogP contribution is 2.47. The Hall–Kier alpha value is 0.360. The zero-order chi connectivity index (χ0) is 14.2. The summed E-state index contributed by atoms with van der Waals surface area (Å²) in [6.45, 7) is 4.21. The van der Waals surface area contributed by atoms with Gasteiger partial charge in [-0.05, 0) is 84.9 Å². The van der Waals surface area contributed by atoms with E-state index in [0.717, 1.165) is 29.1 Å². The Morgan fingerprint density at radius 1 is 1.00 bits per heavy atom. The van der Waals surface area contributed by atoms with Crippen molar-refractivity contribution in [3.63, 3.8) is 0 Å². The average molecular weight is 510 g/mol. The highest BCUT2D eigenvalue weighted by atomic mass is 79.9. The van der Waals surface area contributed by atoms with E-state index in [1.165, 1.54) is 11.1 Å². The van der Waals surface area contributed by atoms with E-state index in [2.05, 4.69) is 90.1 Å². The van der Waals surface area contributed by atoms with Gasteiger partial charge in [-0.1, -0.05) is 33.6 Å². The van der Waals surface area contributed by atoms with Crippen molar-refractivity contribution in [2.75, 3.05) is 0 Å². The van der Waals surface area contributed by atoms with E-state index < -0.39 is 0 Å². The first-order chi connectivity index (χ1) is 8.93. The summed E-state index contributed by atoms with van der Waals surface area (Å²) in [6, 6.07) is 9.20. The number of hydrogen-bond acceptors (Lipinski definition) is 0. The molecule has 0 saturated heterocycles. The molecule has 0 fully saturated rings. The molecule has 1 aromatic rings. The Bertz CT molecular complexity index is 617. The lowest BCUT2D eigenvalue weighted by Gasteiger charge is -2.22. The molecule has 0 unspecified atom stereocenters. The quantitative estimate of drug-likeness (QED) is 0.386. The second kappa shape index (κ2) is 6.42. The number of benzene rings is 1. The summed E-state index contributed by atoms with van der Waals surface area (Å²) in [5, 5.41) is 0. The van der Waals surface area contributed by atoms with Crippen molar-refractivity contribution in [3.8, 4) is 0 Å². The molecule has 0 amide bonds. The molecule has 1 aliphatic rings. The third-order valence-corrected chi connectivity index (χ3v) is 6.93. The molecule has 2 rings (SSSR count). The molecule has 0 N–H and O–H groups in total. The van der Waals surface area contributed by atoms with Crippen LogP contribution in [0.15, 0.2) is 47.3 Å². The van der Waals surface area contributed by atoms with Crippen LogP contribution in [0.25, 0.3) is 5.57 Å². The fourth-order valence-electron chi connectivity index (χ4n) is 1.77. The molecule has 19 heavy (non-hydrogen) atoms. The Labute approximate surface area is 147 Å². The smallest absolute Gasteiger partial charge is 0.0465 e. The summed E-state index contributed by atoms with van der Waals surface area (Å²) in [7, 11) is 0. The van der Waals surface area contributed by atoms with Crippen LogP contribution in [-0.2, 0) is 0 Å². The van der Waals surface area contributed by atoms with Gasteiger partial charge < -0.3 is 0 Å². The van der Waals surface area contributed by atoms with Gasteiger partial charge in [0.05, 0.1) is 0 Å². The predicted octanol–water partition coefficient (Wildman–Crippen LogP) is 6.91. The molecule has 0 atom stereocenters. The van der Waals surface area contributed by atoms with Gasteiger partial charge in [0.15, 0.2) is 0 Å². The Morgan fingerprint density at radius 3 is 2.26 bits per heavy atom. The van der Waals surface area contributed by atoms with Gasteiger partial charge in [-0.3, -0.25) is 0 Å². The lowest BCUT2D eigenvalue weighted by Crippen LogP contribution is -2.02. The number of rotatable bonds is 1. The molecule has 0 aromatic heterocycles.